The number of hydrogen-bond donors (Lipinski definition) is 2. The Balaban J connectivity index is 2.18. The number of aromatic nitrogens is 1. The van der Waals surface area contributed by atoms with Gasteiger partial charge in [0.25, 0.3) is 0 Å². The van der Waals surface area contributed by atoms with E-state index < -0.39 is 0 Å². The van der Waals surface area contributed by atoms with E-state index in [1.54, 1.807) is 6.20 Å². The highest BCUT2D eigenvalue weighted by Gasteiger charge is 2.09. The van der Waals surface area contributed by atoms with Gasteiger partial charge in [0.1, 0.15) is 10.8 Å². The molecule has 1 aromatic heterocycles. The molecular weight excluding hydrogens is 254 g/mol. The van der Waals surface area contributed by atoms with Crippen molar-refractivity contribution in [2.75, 3.05) is 5.32 Å². The first-order valence-corrected chi connectivity index (χ1v) is 6.53. The van der Waals surface area contributed by atoms with Crippen LogP contribution in [0.25, 0.3) is 0 Å². The Hall–Kier alpha value is -1.94. The van der Waals surface area contributed by atoms with Gasteiger partial charge in [0.2, 0.25) is 0 Å². The zero-order valence-corrected chi connectivity index (χ0v) is 11.9. The molecule has 0 aliphatic rings. The van der Waals surface area contributed by atoms with Crippen molar-refractivity contribution in [3.8, 4) is 0 Å². The fraction of sp³-hybridized carbons (Fsp3) is 0.200. The van der Waals surface area contributed by atoms with E-state index in [-0.39, 0.29) is 0 Å². The Kier molecular flexibility index (Phi) is 4.12. The van der Waals surface area contributed by atoms with Crippen molar-refractivity contribution in [2.45, 2.75) is 20.4 Å². The second-order valence-electron chi connectivity index (χ2n) is 4.55. The zero-order valence-electron chi connectivity index (χ0n) is 11.1. The molecule has 0 aliphatic heterocycles. The third-order valence-corrected chi connectivity index (χ3v) is 3.19. The van der Waals surface area contributed by atoms with Crippen molar-refractivity contribution in [2.24, 2.45) is 5.73 Å². The van der Waals surface area contributed by atoms with Crippen molar-refractivity contribution in [1.29, 1.82) is 0 Å². The number of nitrogens with zero attached hydrogens (tertiary/aromatic N) is 1. The molecule has 4 heteroatoms. The van der Waals surface area contributed by atoms with Gasteiger partial charge in [0, 0.05) is 12.7 Å². The minimum absolute atomic E-state index is 0.372. The summed E-state index contributed by atoms with van der Waals surface area (Å²) in [5, 5.41) is 3.29. The number of rotatable bonds is 4. The second kappa shape index (κ2) is 5.80. The van der Waals surface area contributed by atoms with E-state index in [2.05, 4.69) is 41.5 Å². The number of anilines is 1. The molecule has 3 nitrogen and oxygen atoms in total. The Morgan fingerprint density at radius 1 is 1.21 bits per heavy atom. The maximum absolute atomic E-state index is 5.76. The lowest BCUT2D eigenvalue weighted by Crippen LogP contribution is -2.16. The summed E-state index contributed by atoms with van der Waals surface area (Å²) in [7, 11) is 0. The van der Waals surface area contributed by atoms with E-state index in [1.807, 2.05) is 13.0 Å². The summed E-state index contributed by atoms with van der Waals surface area (Å²) in [6.07, 6.45) is 1.76. The highest BCUT2D eigenvalue weighted by Crippen LogP contribution is 2.17. The Morgan fingerprint density at radius 3 is 2.53 bits per heavy atom. The Morgan fingerprint density at radius 2 is 1.89 bits per heavy atom. The predicted octanol–water partition coefficient (Wildman–Crippen LogP) is 2.94. The minimum Gasteiger partial charge on any atom is -0.389 e. The number of nitrogens with one attached hydrogen (secondary N) is 1. The van der Waals surface area contributed by atoms with Gasteiger partial charge in [-0.3, -0.25) is 0 Å². The molecule has 1 aromatic carbocycles. The van der Waals surface area contributed by atoms with Gasteiger partial charge in [0.05, 0.1) is 5.56 Å². The largest absolute Gasteiger partial charge is 0.389 e. The highest BCUT2D eigenvalue weighted by atomic mass is 32.1. The van der Waals surface area contributed by atoms with E-state index >= 15 is 0 Å². The number of benzene rings is 1. The Labute approximate surface area is 118 Å². The van der Waals surface area contributed by atoms with E-state index in [9.17, 15) is 0 Å². The normalized spacial score (nSPS) is 10.2. The van der Waals surface area contributed by atoms with Crippen molar-refractivity contribution < 1.29 is 0 Å². The molecule has 1 heterocycles. The number of aryl methyl sites for hydroxylation is 2. The summed E-state index contributed by atoms with van der Waals surface area (Å²) in [6.45, 7) is 4.75. The molecule has 0 unspecified atom stereocenters. The van der Waals surface area contributed by atoms with Crippen LogP contribution in [0, 0.1) is 13.8 Å². The van der Waals surface area contributed by atoms with Gasteiger partial charge in [-0.25, -0.2) is 4.98 Å². The third kappa shape index (κ3) is 3.29. The van der Waals surface area contributed by atoms with Gasteiger partial charge in [0.15, 0.2) is 0 Å². The number of nitrogens with two attached hydrogens (primary N) is 1. The zero-order chi connectivity index (χ0) is 13.8. The molecule has 0 saturated heterocycles. The van der Waals surface area contributed by atoms with Crippen LogP contribution < -0.4 is 11.1 Å². The molecule has 0 bridgehead atoms. The van der Waals surface area contributed by atoms with Crippen molar-refractivity contribution in [3.05, 3.63) is 58.8 Å². The van der Waals surface area contributed by atoms with Crippen LogP contribution in [0.1, 0.15) is 22.3 Å². The summed E-state index contributed by atoms with van der Waals surface area (Å²) >= 11 is 5.08. The topological polar surface area (TPSA) is 50.9 Å². The van der Waals surface area contributed by atoms with E-state index in [4.69, 9.17) is 18.0 Å². The fourth-order valence-corrected chi connectivity index (χ4v) is 2.15. The fourth-order valence-electron chi connectivity index (χ4n) is 1.90. The molecule has 0 spiro atoms. The number of pyridine rings is 1. The van der Waals surface area contributed by atoms with E-state index in [0.717, 1.165) is 16.9 Å². The maximum Gasteiger partial charge on any atom is 0.136 e. The highest BCUT2D eigenvalue weighted by molar-refractivity contribution is 7.80. The first kappa shape index (κ1) is 13.5. The first-order chi connectivity index (χ1) is 9.08. The summed E-state index contributed by atoms with van der Waals surface area (Å²) in [5.41, 5.74) is 10.1. The van der Waals surface area contributed by atoms with Crippen LogP contribution in [-0.2, 0) is 6.54 Å². The van der Waals surface area contributed by atoms with Crippen LogP contribution in [0.3, 0.4) is 0 Å². The summed E-state index contributed by atoms with van der Waals surface area (Å²) in [5.74, 6) is 0.744. The lowest BCUT2D eigenvalue weighted by molar-refractivity contribution is 1.10. The van der Waals surface area contributed by atoms with Crippen LogP contribution in [0.2, 0.25) is 0 Å². The monoisotopic (exact) mass is 271 g/mol. The molecule has 3 N–H and O–H groups in total. The molecule has 0 radical (unpaired) electrons. The average molecular weight is 271 g/mol. The van der Waals surface area contributed by atoms with Gasteiger partial charge < -0.3 is 11.1 Å². The maximum atomic E-state index is 5.76. The summed E-state index contributed by atoms with van der Waals surface area (Å²) in [4.78, 5) is 4.69. The van der Waals surface area contributed by atoms with Crippen LogP contribution >= 0.6 is 12.2 Å². The van der Waals surface area contributed by atoms with Gasteiger partial charge in [-0.15, -0.1) is 0 Å². The molecule has 0 fully saturated rings. The van der Waals surface area contributed by atoms with Crippen LogP contribution in [0.5, 0.6) is 0 Å². The van der Waals surface area contributed by atoms with Crippen molar-refractivity contribution in [3.63, 3.8) is 0 Å². The molecule has 2 aromatic rings. The lowest BCUT2D eigenvalue weighted by Gasteiger charge is -2.12. The molecule has 98 valence electrons. The number of thiocarbonyl (C=S) groups is 1. The molecule has 0 amide bonds. The molecule has 2 rings (SSSR count). The van der Waals surface area contributed by atoms with Crippen LogP contribution in [0.4, 0.5) is 5.82 Å². The van der Waals surface area contributed by atoms with Gasteiger partial charge >= 0.3 is 0 Å². The van der Waals surface area contributed by atoms with Gasteiger partial charge in [-0.2, -0.15) is 0 Å². The Bertz CT molecular complexity index is 591. The predicted molar refractivity (Wildman–Crippen MR) is 83.4 cm³/mol. The number of hydrogen-bond acceptors (Lipinski definition) is 3. The molecule has 0 aliphatic carbocycles. The lowest BCUT2D eigenvalue weighted by atomic mass is 10.1. The molecular formula is C15H17N3S. The summed E-state index contributed by atoms with van der Waals surface area (Å²) in [6, 6.07) is 10.3. The molecule has 0 saturated carbocycles. The SMILES string of the molecule is Cc1ccc(CNc2nccc(C)c2C(N)=S)cc1. The third-order valence-electron chi connectivity index (χ3n) is 2.99. The quantitative estimate of drug-likeness (QED) is 0.839. The summed E-state index contributed by atoms with van der Waals surface area (Å²) < 4.78 is 0. The second-order valence-corrected chi connectivity index (χ2v) is 4.99. The standard InChI is InChI=1S/C15H17N3S/c1-10-3-5-12(6-4-10)9-18-15-13(14(16)19)11(2)7-8-17-15/h3-8H,9H2,1-2H3,(H2,16,19)(H,17,18). The van der Waals surface area contributed by atoms with Crippen molar-refractivity contribution in [1.82, 2.24) is 4.98 Å². The van der Waals surface area contributed by atoms with E-state index in [0.29, 0.717) is 11.5 Å². The molecule has 0 atom stereocenters. The van der Waals surface area contributed by atoms with Crippen molar-refractivity contribution >= 4 is 23.0 Å². The van der Waals surface area contributed by atoms with E-state index in [1.165, 1.54) is 11.1 Å². The minimum atomic E-state index is 0.372. The first-order valence-electron chi connectivity index (χ1n) is 6.13. The smallest absolute Gasteiger partial charge is 0.136 e. The van der Waals surface area contributed by atoms with Crippen LogP contribution in [-0.4, -0.2) is 9.97 Å². The molecule has 19 heavy (non-hydrogen) atoms. The average Bonchev–Trinajstić information content (AvgIpc) is 2.37. The van der Waals surface area contributed by atoms with Gasteiger partial charge in [-0.05, 0) is 31.0 Å². The van der Waals surface area contributed by atoms with Gasteiger partial charge in [-0.1, -0.05) is 42.0 Å². The van der Waals surface area contributed by atoms with Crippen LogP contribution in [0.15, 0.2) is 36.5 Å².